The number of rotatable bonds is 8. The molecule has 10 nitrogen and oxygen atoms in total. The van der Waals surface area contributed by atoms with Crippen molar-refractivity contribution in [3.63, 3.8) is 0 Å². The number of carbonyl (C=O) groups is 2. The molecule has 0 aliphatic carbocycles. The van der Waals surface area contributed by atoms with Crippen LogP contribution in [0.4, 0.5) is 26.4 Å². The molecule has 3 N–H and O–H groups in total. The first-order chi connectivity index (χ1) is 17.4. The molecule has 2 aromatic carbocycles. The summed E-state index contributed by atoms with van der Waals surface area (Å²) in [5.41, 5.74) is 1.45. The first-order valence-electron chi connectivity index (χ1n) is 11.0. The summed E-state index contributed by atoms with van der Waals surface area (Å²) >= 11 is 5.90. The minimum atomic E-state index is -0.536. The second-order valence-electron chi connectivity index (χ2n) is 7.71. The third-order valence-electron chi connectivity index (χ3n) is 5.18. The Labute approximate surface area is 210 Å². The summed E-state index contributed by atoms with van der Waals surface area (Å²) in [6.45, 7) is 1.12. The fraction of sp³-hybridized carbons (Fsp3) is 0.250. The highest BCUT2D eigenvalue weighted by molar-refractivity contribution is 6.31. The summed E-state index contributed by atoms with van der Waals surface area (Å²) in [5, 5.41) is 9.04. The van der Waals surface area contributed by atoms with Gasteiger partial charge in [-0.05, 0) is 24.3 Å². The number of hydrogen-bond acceptors (Lipinski definition) is 8. The zero-order chi connectivity index (χ0) is 25.5. The van der Waals surface area contributed by atoms with Crippen LogP contribution in [0.25, 0.3) is 10.9 Å². The number of benzene rings is 2. The van der Waals surface area contributed by atoms with E-state index in [1.807, 2.05) is 0 Å². The predicted molar refractivity (Wildman–Crippen MR) is 132 cm³/mol. The van der Waals surface area contributed by atoms with Gasteiger partial charge in [0, 0.05) is 36.2 Å². The molecule has 0 unspecified atom stereocenters. The molecule has 1 atom stereocenters. The molecule has 1 saturated heterocycles. The van der Waals surface area contributed by atoms with Crippen molar-refractivity contribution in [1.82, 2.24) is 15.3 Å². The maximum absolute atomic E-state index is 13.6. The molecule has 4 rings (SSSR count). The van der Waals surface area contributed by atoms with Crippen LogP contribution in [-0.4, -0.2) is 54.9 Å². The van der Waals surface area contributed by atoms with Gasteiger partial charge in [0.2, 0.25) is 0 Å². The molecule has 2 amide bonds. The van der Waals surface area contributed by atoms with Gasteiger partial charge in [0.25, 0.3) is 0 Å². The molecule has 1 aromatic heterocycles. The first-order valence-corrected chi connectivity index (χ1v) is 11.4. The zero-order valence-corrected chi connectivity index (χ0v) is 20.0. The Morgan fingerprint density at radius 2 is 2.14 bits per heavy atom. The summed E-state index contributed by atoms with van der Waals surface area (Å²) in [6.07, 6.45) is 4.59. The van der Waals surface area contributed by atoms with E-state index in [2.05, 4.69) is 30.7 Å². The van der Waals surface area contributed by atoms with Crippen LogP contribution in [-0.2, 0) is 14.3 Å². The van der Waals surface area contributed by atoms with Gasteiger partial charge >= 0.3 is 12.0 Å². The Balaban J connectivity index is 1.61. The van der Waals surface area contributed by atoms with Gasteiger partial charge < -0.3 is 30.2 Å². The number of carbonyl (C=O) groups excluding carboxylic acids is 2. The van der Waals surface area contributed by atoms with E-state index in [0.29, 0.717) is 53.5 Å². The number of anilines is 3. The third kappa shape index (κ3) is 6.37. The van der Waals surface area contributed by atoms with E-state index in [1.165, 1.54) is 43.8 Å². The molecule has 0 radical (unpaired) electrons. The van der Waals surface area contributed by atoms with Gasteiger partial charge in [0.15, 0.2) is 0 Å². The normalized spacial score (nSPS) is 15.1. The fourth-order valence-corrected chi connectivity index (χ4v) is 3.60. The molecule has 2 heterocycles. The number of hydrogen-bond donors (Lipinski definition) is 3. The predicted octanol–water partition coefficient (Wildman–Crippen LogP) is 4.18. The average Bonchev–Trinajstić information content (AvgIpc) is 3.38. The minimum absolute atomic E-state index is 0.0342. The zero-order valence-electron chi connectivity index (χ0n) is 19.2. The third-order valence-corrected chi connectivity index (χ3v) is 5.47. The summed E-state index contributed by atoms with van der Waals surface area (Å²) in [6, 6.07) is 7.07. The van der Waals surface area contributed by atoms with E-state index in [4.69, 9.17) is 21.1 Å². The maximum Gasteiger partial charge on any atom is 0.330 e. The van der Waals surface area contributed by atoms with Crippen molar-refractivity contribution in [3.05, 3.63) is 59.7 Å². The summed E-state index contributed by atoms with van der Waals surface area (Å²) in [4.78, 5) is 32.3. The number of amides is 2. The molecule has 3 aromatic rings. The Morgan fingerprint density at radius 3 is 2.89 bits per heavy atom. The van der Waals surface area contributed by atoms with E-state index < -0.39 is 17.8 Å². The number of halogens is 2. The Morgan fingerprint density at radius 1 is 1.28 bits per heavy atom. The van der Waals surface area contributed by atoms with Crippen LogP contribution >= 0.6 is 11.6 Å². The van der Waals surface area contributed by atoms with Crippen molar-refractivity contribution in [2.24, 2.45) is 0 Å². The van der Waals surface area contributed by atoms with Crippen molar-refractivity contribution in [1.29, 1.82) is 0 Å². The molecular weight excluding hydrogens is 493 g/mol. The van der Waals surface area contributed by atoms with E-state index in [0.717, 1.165) is 0 Å². The van der Waals surface area contributed by atoms with E-state index in [9.17, 15) is 14.0 Å². The lowest BCUT2D eigenvalue weighted by Gasteiger charge is -2.18. The molecule has 1 aliphatic heterocycles. The second kappa shape index (κ2) is 11.6. The molecule has 12 heteroatoms. The largest absolute Gasteiger partial charge is 0.486 e. The summed E-state index contributed by atoms with van der Waals surface area (Å²) < 4.78 is 29.6. The number of aromatic nitrogens is 2. The number of fused-ring (bicyclic) bond motifs is 1. The lowest BCUT2D eigenvalue weighted by Crippen LogP contribution is -2.29. The summed E-state index contributed by atoms with van der Waals surface area (Å²) in [5.74, 6) is -0.231. The molecule has 36 heavy (non-hydrogen) atoms. The quantitative estimate of drug-likeness (QED) is 0.301. The molecule has 1 aliphatic rings. The monoisotopic (exact) mass is 515 g/mol. The number of nitrogens with zero attached hydrogens (tertiary/aromatic N) is 2. The lowest BCUT2D eigenvalue weighted by atomic mass is 10.1. The van der Waals surface area contributed by atoms with Crippen LogP contribution in [0.15, 0.2) is 48.8 Å². The molecule has 0 saturated carbocycles. The molecule has 0 spiro atoms. The fourth-order valence-electron chi connectivity index (χ4n) is 3.42. The highest BCUT2D eigenvalue weighted by atomic mass is 35.5. The van der Waals surface area contributed by atoms with Crippen LogP contribution in [0.1, 0.15) is 6.42 Å². The molecular formula is C24H23ClFN5O5. The number of methoxy groups -OCH3 is 1. The maximum atomic E-state index is 13.6. The number of ether oxygens (including phenoxy) is 3. The van der Waals surface area contributed by atoms with E-state index in [1.54, 1.807) is 12.1 Å². The standard InChI is InChI=1S/C24H23ClFN5O5/c1-34-22(32)3-2-7-27-24(33)31-20-10-16-19(11-21(20)36-15-6-8-35-12-15)28-13-29-23(16)30-14-4-5-18(26)17(25)9-14/h2-5,9-11,13,15H,6-8,12H2,1H3,(H2,27,31,33)(H,28,29,30)/b3-2+/t15-/m0/s1. The Hall–Kier alpha value is -3.96. The van der Waals surface area contributed by atoms with Crippen molar-refractivity contribution in [2.45, 2.75) is 12.5 Å². The van der Waals surface area contributed by atoms with Crippen molar-refractivity contribution in [2.75, 3.05) is 37.5 Å². The van der Waals surface area contributed by atoms with Gasteiger partial charge in [0.1, 0.15) is 29.8 Å². The second-order valence-corrected chi connectivity index (χ2v) is 8.11. The van der Waals surface area contributed by atoms with Gasteiger partial charge in [0.05, 0.1) is 36.6 Å². The highest BCUT2D eigenvalue weighted by Crippen LogP contribution is 2.35. The number of urea groups is 1. The van der Waals surface area contributed by atoms with Crippen molar-refractivity contribution < 1.29 is 28.2 Å². The van der Waals surface area contributed by atoms with E-state index in [-0.39, 0.29) is 17.7 Å². The van der Waals surface area contributed by atoms with Crippen LogP contribution in [0, 0.1) is 5.82 Å². The van der Waals surface area contributed by atoms with Gasteiger partial charge in [-0.3, -0.25) is 0 Å². The van der Waals surface area contributed by atoms with Crippen molar-refractivity contribution >= 4 is 51.7 Å². The highest BCUT2D eigenvalue weighted by Gasteiger charge is 2.21. The lowest BCUT2D eigenvalue weighted by molar-refractivity contribution is -0.134. The SMILES string of the molecule is COC(=O)/C=C/CNC(=O)Nc1cc2c(Nc3ccc(F)c(Cl)c3)ncnc2cc1O[C@H]1CCOC1. The van der Waals surface area contributed by atoms with Crippen LogP contribution in [0.3, 0.4) is 0 Å². The molecule has 0 bridgehead atoms. The molecule has 1 fully saturated rings. The van der Waals surface area contributed by atoms with Crippen LogP contribution in [0.2, 0.25) is 5.02 Å². The van der Waals surface area contributed by atoms with Gasteiger partial charge in [-0.2, -0.15) is 0 Å². The smallest absolute Gasteiger partial charge is 0.330 e. The van der Waals surface area contributed by atoms with Gasteiger partial charge in [-0.1, -0.05) is 17.7 Å². The Bertz CT molecular complexity index is 1300. The van der Waals surface area contributed by atoms with Crippen LogP contribution < -0.4 is 20.7 Å². The number of nitrogens with one attached hydrogen (secondary N) is 3. The van der Waals surface area contributed by atoms with Crippen molar-refractivity contribution in [3.8, 4) is 5.75 Å². The first kappa shape index (κ1) is 25.1. The van der Waals surface area contributed by atoms with E-state index >= 15 is 0 Å². The average molecular weight is 516 g/mol. The van der Waals surface area contributed by atoms with Gasteiger partial charge in [-0.25, -0.2) is 23.9 Å². The Kier molecular flexibility index (Phi) is 8.13. The number of esters is 1. The topological polar surface area (TPSA) is 124 Å². The molecule has 188 valence electrons. The van der Waals surface area contributed by atoms with Crippen LogP contribution in [0.5, 0.6) is 5.75 Å². The van der Waals surface area contributed by atoms with Gasteiger partial charge in [-0.15, -0.1) is 0 Å². The summed E-state index contributed by atoms with van der Waals surface area (Å²) in [7, 11) is 1.26. The minimum Gasteiger partial charge on any atom is -0.486 e.